The van der Waals surface area contributed by atoms with Gasteiger partial charge in [-0.25, -0.2) is 13.4 Å². The average Bonchev–Trinajstić information content (AvgIpc) is 3.08. The molecule has 1 fully saturated rings. The topological polar surface area (TPSA) is 133 Å². The number of nitrogens with one attached hydrogen (secondary N) is 1. The highest BCUT2D eigenvalue weighted by Gasteiger charge is 2.32. The Labute approximate surface area is 204 Å². The van der Waals surface area contributed by atoms with E-state index in [9.17, 15) is 18.4 Å². The summed E-state index contributed by atoms with van der Waals surface area (Å²) in [6.07, 6.45) is 0.645. The lowest BCUT2D eigenvalue weighted by molar-refractivity contribution is -0.864. The van der Waals surface area contributed by atoms with Crippen LogP contribution >= 0.6 is 0 Å². The second kappa shape index (κ2) is 9.34. The summed E-state index contributed by atoms with van der Waals surface area (Å²) in [4.78, 5) is 20.5. The van der Waals surface area contributed by atoms with Gasteiger partial charge >= 0.3 is 0 Å². The molecule has 0 radical (unpaired) electrons. The first-order chi connectivity index (χ1) is 16.4. The van der Waals surface area contributed by atoms with E-state index in [4.69, 9.17) is 9.72 Å². The molecule has 0 amide bonds. The molecule has 0 saturated carbocycles. The first kappa shape index (κ1) is 25.3. The molecule has 2 aromatic heterocycles. The highest BCUT2D eigenvalue weighted by atomic mass is 32.2. The number of hydrogen-bond acceptors (Lipinski definition) is 7. The standard InChI is InChI=1S/C23H32N6O5S/c1-6-34-19-8-7-16(35(32,33)28-9-11-29(5,31)12-10-28)14-17(19)22-24-20-18(13-15(2)3)26-27(4)21(20)23(30)25-22/h7-8,14-15H,6,9-13H2,1-5H3,(H,24,25,30). The van der Waals surface area contributed by atoms with Crippen molar-refractivity contribution in [2.75, 3.05) is 39.8 Å². The predicted octanol–water partition coefficient (Wildman–Crippen LogP) is 1.87. The van der Waals surface area contributed by atoms with Crippen LogP contribution in [0.15, 0.2) is 27.9 Å². The van der Waals surface area contributed by atoms with E-state index in [1.54, 1.807) is 20.2 Å². The number of rotatable bonds is 7. The van der Waals surface area contributed by atoms with Gasteiger partial charge in [0.25, 0.3) is 5.56 Å². The Hall–Kier alpha value is -2.80. The van der Waals surface area contributed by atoms with Crippen molar-refractivity contribution in [3.05, 3.63) is 39.5 Å². The lowest BCUT2D eigenvalue weighted by Gasteiger charge is -2.44. The Balaban J connectivity index is 1.83. The number of likely N-dealkylation sites (N-methyl/N-ethyl adjacent to an activating group) is 1. The van der Waals surface area contributed by atoms with Crippen LogP contribution in [0.4, 0.5) is 0 Å². The largest absolute Gasteiger partial charge is 0.633 e. The van der Waals surface area contributed by atoms with Gasteiger partial charge in [-0.2, -0.15) is 9.40 Å². The first-order valence-electron chi connectivity index (χ1n) is 11.7. The van der Waals surface area contributed by atoms with Crippen LogP contribution in [0.2, 0.25) is 0 Å². The highest BCUT2D eigenvalue weighted by Crippen LogP contribution is 2.32. The van der Waals surface area contributed by atoms with Gasteiger partial charge in [0.1, 0.15) is 17.1 Å². The van der Waals surface area contributed by atoms with Gasteiger partial charge in [-0.05, 0) is 37.5 Å². The molecule has 12 heteroatoms. The third-order valence-corrected chi connectivity index (χ3v) is 8.05. The Morgan fingerprint density at radius 3 is 2.57 bits per heavy atom. The van der Waals surface area contributed by atoms with Gasteiger partial charge in [0.05, 0.1) is 56.0 Å². The van der Waals surface area contributed by atoms with Gasteiger partial charge < -0.3 is 19.6 Å². The summed E-state index contributed by atoms with van der Waals surface area (Å²) in [6.45, 7) is 6.95. The zero-order chi connectivity index (χ0) is 25.5. The fraction of sp³-hybridized carbons (Fsp3) is 0.522. The number of nitrogens with zero attached hydrogens (tertiary/aromatic N) is 5. The minimum atomic E-state index is -3.85. The maximum atomic E-state index is 13.4. The molecule has 35 heavy (non-hydrogen) atoms. The third kappa shape index (κ3) is 4.96. The van der Waals surface area contributed by atoms with Gasteiger partial charge in [0.2, 0.25) is 10.0 Å². The van der Waals surface area contributed by atoms with Crippen molar-refractivity contribution in [1.82, 2.24) is 24.1 Å². The van der Waals surface area contributed by atoms with Crippen LogP contribution in [-0.4, -0.2) is 77.0 Å². The molecule has 11 nitrogen and oxygen atoms in total. The second-order valence-corrected chi connectivity index (χ2v) is 11.5. The van der Waals surface area contributed by atoms with Crippen molar-refractivity contribution in [2.45, 2.75) is 32.1 Å². The van der Waals surface area contributed by atoms with Crippen LogP contribution in [-0.2, 0) is 23.5 Å². The van der Waals surface area contributed by atoms with Crippen molar-refractivity contribution in [3.8, 4) is 17.1 Å². The zero-order valence-corrected chi connectivity index (χ0v) is 21.6. The summed E-state index contributed by atoms with van der Waals surface area (Å²) in [5, 5.41) is 16.7. The van der Waals surface area contributed by atoms with Crippen molar-refractivity contribution >= 4 is 21.1 Å². The monoisotopic (exact) mass is 504 g/mol. The Kier molecular flexibility index (Phi) is 6.75. The van der Waals surface area contributed by atoms with E-state index in [0.29, 0.717) is 47.0 Å². The van der Waals surface area contributed by atoms with Gasteiger partial charge in [-0.1, -0.05) is 13.8 Å². The zero-order valence-electron chi connectivity index (χ0n) is 20.7. The molecule has 3 aromatic rings. The van der Waals surface area contributed by atoms with Crippen LogP contribution in [0.1, 0.15) is 26.5 Å². The quantitative estimate of drug-likeness (QED) is 0.383. The van der Waals surface area contributed by atoms with Gasteiger partial charge in [-0.15, -0.1) is 0 Å². The molecular weight excluding hydrogens is 472 g/mol. The number of piperazine rings is 1. The minimum Gasteiger partial charge on any atom is -0.633 e. The lowest BCUT2D eigenvalue weighted by atomic mass is 10.1. The first-order valence-corrected chi connectivity index (χ1v) is 13.2. The van der Waals surface area contributed by atoms with E-state index in [2.05, 4.69) is 23.9 Å². The van der Waals surface area contributed by atoms with Crippen LogP contribution in [0, 0.1) is 11.1 Å². The number of hydrogen-bond donors (Lipinski definition) is 1. The van der Waals surface area contributed by atoms with Gasteiger partial charge in [0, 0.05) is 7.05 Å². The molecule has 0 atom stereocenters. The molecule has 1 aliphatic heterocycles. The summed E-state index contributed by atoms with van der Waals surface area (Å²) in [6, 6.07) is 4.53. The van der Waals surface area contributed by atoms with Crippen LogP contribution in [0.3, 0.4) is 0 Å². The number of H-pyrrole nitrogens is 1. The van der Waals surface area contributed by atoms with E-state index in [1.807, 2.05) is 6.92 Å². The van der Waals surface area contributed by atoms with Crippen molar-refractivity contribution in [2.24, 2.45) is 13.0 Å². The van der Waals surface area contributed by atoms with Crippen LogP contribution in [0.25, 0.3) is 22.4 Å². The summed E-state index contributed by atoms with van der Waals surface area (Å²) < 4.78 is 34.9. The average molecular weight is 505 g/mol. The summed E-state index contributed by atoms with van der Waals surface area (Å²) in [5.41, 5.74) is 1.55. The fourth-order valence-electron chi connectivity index (χ4n) is 4.29. The highest BCUT2D eigenvalue weighted by molar-refractivity contribution is 7.89. The predicted molar refractivity (Wildman–Crippen MR) is 132 cm³/mol. The van der Waals surface area contributed by atoms with Gasteiger partial charge in [-0.3, -0.25) is 9.48 Å². The molecule has 0 spiro atoms. The number of aryl methyl sites for hydroxylation is 1. The number of ether oxygens (including phenoxy) is 1. The summed E-state index contributed by atoms with van der Waals surface area (Å²) in [7, 11) is -0.609. The van der Waals surface area contributed by atoms with Crippen LogP contribution in [0.5, 0.6) is 5.75 Å². The Morgan fingerprint density at radius 1 is 1.26 bits per heavy atom. The van der Waals surface area contributed by atoms with Crippen molar-refractivity contribution < 1.29 is 17.8 Å². The molecule has 1 aliphatic rings. The molecule has 1 N–H and O–H groups in total. The molecule has 3 heterocycles. The van der Waals surface area contributed by atoms with Crippen molar-refractivity contribution in [3.63, 3.8) is 0 Å². The van der Waals surface area contributed by atoms with E-state index >= 15 is 0 Å². The number of quaternary nitrogens is 1. The number of fused-ring (bicyclic) bond motifs is 1. The Morgan fingerprint density at radius 2 is 1.94 bits per heavy atom. The molecule has 0 bridgehead atoms. The van der Waals surface area contributed by atoms with Crippen molar-refractivity contribution in [1.29, 1.82) is 0 Å². The fourth-order valence-corrected chi connectivity index (χ4v) is 5.74. The molecule has 1 aromatic carbocycles. The van der Waals surface area contributed by atoms with E-state index in [0.717, 1.165) is 0 Å². The SMILES string of the molecule is CCOc1ccc(S(=O)(=O)N2CC[N+](C)([O-])CC2)cc1-c1nc2c(CC(C)C)nn(C)c2c(=O)[nH]1. The lowest BCUT2D eigenvalue weighted by Crippen LogP contribution is -2.54. The minimum absolute atomic E-state index is 0.0503. The van der Waals surface area contributed by atoms with E-state index in [1.165, 1.54) is 21.1 Å². The number of benzene rings is 1. The van der Waals surface area contributed by atoms with Gasteiger partial charge in [0.15, 0.2) is 5.52 Å². The molecule has 0 aliphatic carbocycles. The normalized spacial score (nSPS) is 16.8. The number of sulfonamides is 1. The van der Waals surface area contributed by atoms with E-state index in [-0.39, 0.29) is 42.5 Å². The van der Waals surface area contributed by atoms with E-state index < -0.39 is 14.7 Å². The maximum Gasteiger partial charge on any atom is 0.277 e. The summed E-state index contributed by atoms with van der Waals surface area (Å²) >= 11 is 0. The smallest absolute Gasteiger partial charge is 0.277 e. The maximum absolute atomic E-state index is 13.4. The Bertz CT molecular complexity index is 1400. The molecule has 4 rings (SSSR count). The molecule has 1 saturated heterocycles. The molecular formula is C23H32N6O5S. The third-order valence-electron chi connectivity index (χ3n) is 6.15. The second-order valence-electron chi connectivity index (χ2n) is 9.52. The number of hydroxylamine groups is 3. The molecule has 0 unspecified atom stereocenters. The number of aromatic nitrogens is 4. The van der Waals surface area contributed by atoms with Crippen LogP contribution < -0.4 is 10.3 Å². The molecule has 190 valence electrons. The number of aromatic amines is 1. The summed E-state index contributed by atoms with van der Waals surface area (Å²) in [5.74, 6) is 0.929.